The SMILES string of the molecule is COCCOc1cc2ncnc(N3CCN(C(=O)OC(C)(C)C)CC3)c2cc1OC. The molecule has 1 amide bonds. The number of carbonyl (C=O) groups is 1. The zero-order chi connectivity index (χ0) is 21.7. The molecule has 0 unspecified atom stereocenters. The van der Waals surface area contributed by atoms with Crippen molar-refractivity contribution >= 4 is 22.8 Å². The van der Waals surface area contributed by atoms with Crippen molar-refractivity contribution in [2.75, 3.05) is 58.5 Å². The molecule has 2 aromatic rings. The predicted octanol–water partition coefficient (Wildman–Crippen LogP) is 2.72. The van der Waals surface area contributed by atoms with Crippen molar-refractivity contribution in [1.82, 2.24) is 14.9 Å². The van der Waals surface area contributed by atoms with E-state index in [1.165, 1.54) is 0 Å². The van der Waals surface area contributed by atoms with Crippen molar-refractivity contribution < 1.29 is 23.7 Å². The third-order valence-electron chi connectivity index (χ3n) is 4.68. The van der Waals surface area contributed by atoms with Crippen LogP contribution in [0.15, 0.2) is 18.5 Å². The van der Waals surface area contributed by atoms with E-state index >= 15 is 0 Å². The van der Waals surface area contributed by atoms with Gasteiger partial charge in [0, 0.05) is 44.7 Å². The van der Waals surface area contributed by atoms with E-state index in [9.17, 15) is 4.79 Å². The summed E-state index contributed by atoms with van der Waals surface area (Å²) in [5, 5.41) is 0.874. The zero-order valence-corrected chi connectivity index (χ0v) is 18.3. The van der Waals surface area contributed by atoms with Gasteiger partial charge in [0.2, 0.25) is 0 Å². The normalized spacial score (nSPS) is 14.7. The lowest BCUT2D eigenvalue weighted by atomic mass is 10.2. The first-order valence-corrected chi connectivity index (χ1v) is 9.99. The summed E-state index contributed by atoms with van der Waals surface area (Å²) in [5.41, 5.74) is 0.263. The van der Waals surface area contributed by atoms with Gasteiger partial charge in [0.1, 0.15) is 24.4 Å². The summed E-state index contributed by atoms with van der Waals surface area (Å²) in [6.07, 6.45) is 1.26. The van der Waals surface area contributed by atoms with E-state index < -0.39 is 5.60 Å². The first-order chi connectivity index (χ1) is 14.3. The minimum Gasteiger partial charge on any atom is -0.493 e. The fraction of sp³-hybridized carbons (Fsp3) is 0.571. The van der Waals surface area contributed by atoms with E-state index in [4.69, 9.17) is 18.9 Å². The fourth-order valence-corrected chi connectivity index (χ4v) is 3.24. The number of aromatic nitrogens is 2. The molecule has 1 saturated heterocycles. The van der Waals surface area contributed by atoms with Gasteiger partial charge in [-0.2, -0.15) is 0 Å². The lowest BCUT2D eigenvalue weighted by molar-refractivity contribution is 0.0240. The Balaban J connectivity index is 1.77. The lowest BCUT2D eigenvalue weighted by Gasteiger charge is -2.36. The molecule has 164 valence electrons. The van der Waals surface area contributed by atoms with Gasteiger partial charge >= 0.3 is 6.09 Å². The van der Waals surface area contributed by atoms with E-state index in [1.807, 2.05) is 32.9 Å². The summed E-state index contributed by atoms with van der Waals surface area (Å²) >= 11 is 0. The first-order valence-electron chi connectivity index (χ1n) is 9.99. The average molecular weight is 418 g/mol. The lowest BCUT2D eigenvalue weighted by Crippen LogP contribution is -2.50. The number of hydrogen-bond donors (Lipinski definition) is 0. The second-order valence-corrected chi connectivity index (χ2v) is 8.01. The van der Waals surface area contributed by atoms with Crippen molar-refractivity contribution in [3.63, 3.8) is 0 Å². The Morgan fingerprint density at radius 2 is 1.77 bits per heavy atom. The van der Waals surface area contributed by atoms with Crippen LogP contribution >= 0.6 is 0 Å². The van der Waals surface area contributed by atoms with Crippen LogP contribution in [0.5, 0.6) is 11.5 Å². The van der Waals surface area contributed by atoms with Gasteiger partial charge in [-0.1, -0.05) is 0 Å². The summed E-state index contributed by atoms with van der Waals surface area (Å²) in [4.78, 5) is 25.1. The highest BCUT2D eigenvalue weighted by Crippen LogP contribution is 2.35. The summed E-state index contributed by atoms with van der Waals surface area (Å²) < 4.78 is 21.8. The van der Waals surface area contributed by atoms with Crippen LogP contribution < -0.4 is 14.4 Å². The molecule has 0 saturated carbocycles. The number of fused-ring (bicyclic) bond motifs is 1. The van der Waals surface area contributed by atoms with Gasteiger partial charge in [0.25, 0.3) is 0 Å². The van der Waals surface area contributed by atoms with Gasteiger partial charge in [-0.15, -0.1) is 0 Å². The highest BCUT2D eigenvalue weighted by Gasteiger charge is 2.27. The summed E-state index contributed by atoms with van der Waals surface area (Å²) in [6, 6.07) is 3.75. The number of anilines is 1. The number of carbonyl (C=O) groups excluding carboxylic acids is 1. The maximum Gasteiger partial charge on any atom is 0.410 e. The summed E-state index contributed by atoms with van der Waals surface area (Å²) in [7, 11) is 3.23. The molecule has 0 bridgehead atoms. The van der Waals surface area contributed by atoms with Crippen LogP contribution in [0.3, 0.4) is 0 Å². The molecule has 0 aliphatic carbocycles. The van der Waals surface area contributed by atoms with Crippen molar-refractivity contribution in [2.45, 2.75) is 26.4 Å². The largest absolute Gasteiger partial charge is 0.493 e. The summed E-state index contributed by atoms with van der Waals surface area (Å²) in [6.45, 7) is 8.95. The average Bonchev–Trinajstić information content (AvgIpc) is 2.72. The monoisotopic (exact) mass is 418 g/mol. The molecule has 0 spiro atoms. The number of benzene rings is 1. The molecule has 30 heavy (non-hydrogen) atoms. The molecule has 1 aromatic carbocycles. The third kappa shape index (κ3) is 5.21. The molecule has 9 heteroatoms. The summed E-state index contributed by atoms with van der Waals surface area (Å²) in [5.74, 6) is 2.04. The Labute approximate surface area is 176 Å². The molecule has 2 heterocycles. The topological polar surface area (TPSA) is 86.3 Å². The maximum atomic E-state index is 12.3. The highest BCUT2D eigenvalue weighted by molar-refractivity contribution is 5.92. The molecule has 0 N–H and O–H groups in total. The van der Waals surface area contributed by atoms with E-state index in [-0.39, 0.29) is 6.09 Å². The van der Waals surface area contributed by atoms with Crippen molar-refractivity contribution in [3.8, 4) is 11.5 Å². The van der Waals surface area contributed by atoms with E-state index in [2.05, 4.69) is 14.9 Å². The fourth-order valence-electron chi connectivity index (χ4n) is 3.24. The Bertz CT molecular complexity index is 876. The van der Waals surface area contributed by atoms with Crippen LogP contribution in [0.1, 0.15) is 20.8 Å². The Morgan fingerprint density at radius 3 is 2.40 bits per heavy atom. The van der Waals surface area contributed by atoms with E-state index in [1.54, 1.807) is 25.4 Å². The molecule has 1 fully saturated rings. The Morgan fingerprint density at radius 1 is 1.03 bits per heavy atom. The molecule has 0 radical (unpaired) electrons. The number of hydrogen-bond acceptors (Lipinski definition) is 8. The van der Waals surface area contributed by atoms with Crippen molar-refractivity contribution in [3.05, 3.63) is 18.5 Å². The van der Waals surface area contributed by atoms with Crippen LogP contribution in [0.2, 0.25) is 0 Å². The molecule has 1 aliphatic rings. The van der Waals surface area contributed by atoms with Crippen LogP contribution in [0, 0.1) is 0 Å². The van der Waals surface area contributed by atoms with Gasteiger partial charge < -0.3 is 28.7 Å². The molecule has 0 atom stereocenters. The quantitative estimate of drug-likeness (QED) is 0.662. The molecule has 1 aromatic heterocycles. The van der Waals surface area contributed by atoms with Crippen LogP contribution in [0.4, 0.5) is 10.6 Å². The molecule has 9 nitrogen and oxygen atoms in total. The maximum absolute atomic E-state index is 12.3. The highest BCUT2D eigenvalue weighted by atomic mass is 16.6. The standard InChI is InChI=1S/C21H30N4O5/c1-21(2,3)30-20(26)25-8-6-24(7-9-25)19-15-12-17(28-5)18(29-11-10-27-4)13-16(15)22-14-23-19/h12-14H,6-11H2,1-5H3. The van der Waals surface area contributed by atoms with Gasteiger partial charge in [-0.25, -0.2) is 14.8 Å². The second kappa shape index (κ2) is 9.34. The molecule has 3 rings (SSSR count). The molecular formula is C21H30N4O5. The number of ether oxygens (including phenoxy) is 4. The van der Waals surface area contributed by atoms with Crippen LogP contribution in [-0.4, -0.2) is 80.2 Å². The van der Waals surface area contributed by atoms with Gasteiger partial charge in [-0.05, 0) is 26.8 Å². The Kier molecular flexibility index (Phi) is 6.81. The predicted molar refractivity (Wildman–Crippen MR) is 113 cm³/mol. The van der Waals surface area contributed by atoms with E-state index in [0.29, 0.717) is 50.9 Å². The van der Waals surface area contributed by atoms with Crippen LogP contribution in [0.25, 0.3) is 10.9 Å². The number of piperazine rings is 1. The van der Waals surface area contributed by atoms with Gasteiger partial charge in [0.05, 0.1) is 19.2 Å². The molecular weight excluding hydrogens is 388 g/mol. The number of nitrogens with zero attached hydrogens (tertiary/aromatic N) is 4. The van der Waals surface area contributed by atoms with Crippen molar-refractivity contribution in [1.29, 1.82) is 0 Å². The number of methoxy groups -OCH3 is 2. The number of rotatable bonds is 6. The van der Waals surface area contributed by atoms with Crippen molar-refractivity contribution in [2.24, 2.45) is 0 Å². The zero-order valence-electron chi connectivity index (χ0n) is 18.3. The third-order valence-corrected chi connectivity index (χ3v) is 4.68. The molecule has 1 aliphatic heterocycles. The van der Waals surface area contributed by atoms with Gasteiger partial charge in [-0.3, -0.25) is 0 Å². The Hall–Kier alpha value is -2.81. The van der Waals surface area contributed by atoms with Crippen LogP contribution in [-0.2, 0) is 9.47 Å². The smallest absolute Gasteiger partial charge is 0.410 e. The minimum atomic E-state index is -0.503. The van der Waals surface area contributed by atoms with E-state index in [0.717, 1.165) is 16.7 Å². The second-order valence-electron chi connectivity index (χ2n) is 8.01. The number of amides is 1. The first kappa shape index (κ1) is 21.9. The van der Waals surface area contributed by atoms with Gasteiger partial charge in [0.15, 0.2) is 11.5 Å². The minimum absolute atomic E-state index is 0.283.